The molecule has 2 aliphatic rings. The number of carbonyl (C=O) groups is 1. The van der Waals surface area contributed by atoms with Gasteiger partial charge >= 0.3 is 0 Å². The van der Waals surface area contributed by atoms with Gasteiger partial charge in [0.1, 0.15) is 0 Å². The van der Waals surface area contributed by atoms with Crippen molar-refractivity contribution in [3.05, 3.63) is 0 Å². The molecule has 2 heterocycles. The Hall–Kier alpha value is -0.570. The van der Waals surface area contributed by atoms with Gasteiger partial charge in [-0.3, -0.25) is 9.69 Å². The van der Waals surface area contributed by atoms with Crippen molar-refractivity contribution < 1.29 is 4.79 Å². The summed E-state index contributed by atoms with van der Waals surface area (Å²) in [5.74, 6) is 0.727. The summed E-state index contributed by atoms with van der Waals surface area (Å²) < 4.78 is 0. The van der Waals surface area contributed by atoms with Crippen LogP contribution < -0.4 is 0 Å². The summed E-state index contributed by atoms with van der Waals surface area (Å²) in [4.78, 5) is 17.0. The van der Waals surface area contributed by atoms with E-state index in [-0.39, 0.29) is 5.54 Å². The third-order valence-electron chi connectivity index (χ3n) is 4.46. The average molecular weight is 252 g/mol. The first-order valence-electron chi connectivity index (χ1n) is 7.52. The second kappa shape index (κ2) is 5.60. The van der Waals surface area contributed by atoms with E-state index >= 15 is 0 Å². The topological polar surface area (TPSA) is 23.6 Å². The summed E-state index contributed by atoms with van der Waals surface area (Å²) in [5.41, 5.74) is 0.249. The molecule has 0 aromatic carbocycles. The lowest BCUT2D eigenvalue weighted by Crippen LogP contribution is -2.49. The first-order valence-corrected chi connectivity index (χ1v) is 7.52. The highest BCUT2D eigenvalue weighted by Crippen LogP contribution is 2.26. The zero-order valence-electron chi connectivity index (χ0n) is 12.2. The molecule has 0 spiro atoms. The largest absolute Gasteiger partial charge is 0.342 e. The lowest BCUT2D eigenvalue weighted by atomic mass is 9.91. The number of amides is 1. The molecule has 0 aromatic rings. The lowest BCUT2D eigenvalue weighted by molar-refractivity contribution is -0.138. The predicted molar refractivity (Wildman–Crippen MR) is 74.5 cm³/mol. The molecule has 0 bridgehead atoms. The molecule has 0 radical (unpaired) electrons. The van der Waals surface area contributed by atoms with Gasteiger partial charge in [-0.05, 0) is 66.0 Å². The molecule has 0 unspecified atom stereocenters. The first kappa shape index (κ1) is 13.9. The lowest BCUT2D eigenvalue weighted by Gasteiger charge is -2.41. The van der Waals surface area contributed by atoms with E-state index in [1.807, 2.05) is 0 Å². The smallest absolute Gasteiger partial charge is 0.225 e. The van der Waals surface area contributed by atoms with E-state index in [0.717, 1.165) is 39.0 Å². The summed E-state index contributed by atoms with van der Waals surface area (Å²) in [6, 6.07) is 0. The van der Waals surface area contributed by atoms with Crippen LogP contribution in [0.4, 0.5) is 0 Å². The Labute approximate surface area is 112 Å². The van der Waals surface area contributed by atoms with Crippen molar-refractivity contribution in [3.63, 3.8) is 0 Å². The minimum absolute atomic E-state index is 0.249. The Morgan fingerprint density at radius 3 is 2.00 bits per heavy atom. The van der Waals surface area contributed by atoms with E-state index in [2.05, 4.69) is 30.6 Å². The van der Waals surface area contributed by atoms with Gasteiger partial charge < -0.3 is 4.90 Å². The van der Waals surface area contributed by atoms with Crippen LogP contribution >= 0.6 is 0 Å². The van der Waals surface area contributed by atoms with Gasteiger partial charge in [-0.25, -0.2) is 0 Å². The van der Waals surface area contributed by atoms with Crippen molar-refractivity contribution in [1.82, 2.24) is 9.80 Å². The zero-order chi connectivity index (χ0) is 13.2. The van der Waals surface area contributed by atoms with E-state index in [4.69, 9.17) is 0 Å². The maximum atomic E-state index is 12.4. The van der Waals surface area contributed by atoms with Crippen LogP contribution in [-0.2, 0) is 4.79 Å². The molecule has 104 valence electrons. The fraction of sp³-hybridized carbons (Fsp3) is 0.933. The van der Waals surface area contributed by atoms with Gasteiger partial charge in [-0.15, -0.1) is 0 Å². The molecule has 3 heteroatoms. The SMILES string of the molecule is CC(C)(C)N1CCC(C(=O)N2CCCCC2)CC1. The molecular weight excluding hydrogens is 224 g/mol. The summed E-state index contributed by atoms with van der Waals surface area (Å²) in [6.07, 6.45) is 5.80. The second-order valence-electron chi connectivity index (χ2n) is 6.82. The van der Waals surface area contributed by atoms with E-state index in [1.165, 1.54) is 19.3 Å². The summed E-state index contributed by atoms with van der Waals surface area (Å²) in [6.45, 7) is 10.9. The average Bonchev–Trinajstić information content (AvgIpc) is 2.38. The molecule has 1 amide bonds. The van der Waals surface area contributed by atoms with Crippen LogP contribution in [0.5, 0.6) is 0 Å². The van der Waals surface area contributed by atoms with Crippen LogP contribution in [0.1, 0.15) is 52.9 Å². The zero-order valence-corrected chi connectivity index (χ0v) is 12.2. The minimum Gasteiger partial charge on any atom is -0.342 e. The number of likely N-dealkylation sites (tertiary alicyclic amines) is 2. The molecular formula is C15H28N2O. The van der Waals surface area contributed by atoms with Crippen molar-refractivity contribution in [3.8, 4) is 0 Å². The Morgan fingerprint density at radius 1 is 0.944 bits per heavy atom. The molecule has 0 aliphatic carbocycles. The minimum atomic E-state index is 0.249. The van der Waals surface area contributed by atoms with Crippen molar-refractivity contribution >= 4 is 5.91 Å². The van der Waals surface area contributed by atoms with Crippen LogP contribution in [-0.4, -0.2) is 47.4 Å². The molecule has 2 fully saturated rings. The number of piperidine rings is 2. The van der Waals surface area contributed by atoms with E-state index < -0.39 is 0 Å². The number of hydrogen-bond acceptors (Lipinski definition) is 2. The van der Waals surface area contributed by atoms with Crippen LogP contribution in [0, 0.1) is 5.92 Å². The van der Waals surface area contributed by atoms with Gasteiger partial charge in [0.25, 0.3) is 0 Å². The molecule has 3 nitrogen and oxygen atoms in total. The number of rotatable bonds is 1. The highest BCUT2D eigenvalue weighted by molar-refractivity contribution is 5.79. The highest BCUT2D eigenvalue weighted by Gasteiger charge is 2.32. The van der Waals surface area contributed by atoms with Gasteiger partial charge in [0.15, 0.2) is 0 Å². The van der Waals surface area contributed by atoms with Gasteiger partial charge in [-0.1, -0.05) is 0 Å². The van der Waals surface area contributed by atoms with E-state index in [1.54, 1.807) is 0 Å². The monoisotopic (exact) mass is 252 g/mol. The van der Waals surface area contributed by atoms with Crippen molar-refractivity contribution in [2.45, 2.75) is 58.4 Å². The maximum Gasteiger partial charge on any atom is 0.225 e. The maximum absolute atomic E-state index is 12.4. The van der Waals surface area contributed by atoms with Gasteiger partial charge in [0.2, 0.25) is 5.91 Å². The van der Waals surface area contributed by atoms with E-state index in [9.17, 15) is 4.79 Å². The molecule has 2 aliphatic heterocycles. The predicted octanol–water partition coefficient (Wildman–Crippen LogP) is 2.51. The molecule has 18 heavy (non-hydrogen) atoms. The quantitative estimate of drug-likeness (QED) is 0.716. The van der Waals surface area contributed by atoms with Crippen LogP contribution in [0.2, 0.25) is 0 Å². The highest BCUT2D eigenvalue weighted by atomic mass is 16.2. The van der Waals surface area contributed by atoms with Crippen LogP contribution in [0.3, 0.4) is 0 Å². The Bertz CT molecular complexity index is 281. The Balaban J connectivity index is 1.83. The Kier molecular flexibility index (Phi) is 4.31. The molecule has 0 N–H and O–H groups in total. The molecule has 2 rings (SSSR count). The summed E-state index contributed by atoms with van der Waals surface area (Å²) in [5, 5.41) is 0. The van der Waals surface area contributed by atoms with Crippen molar-refractivity contribution in [1.29, 1.82) is 0 Å². The fourth-order valence-electron chi connectivity index (χ4n) is 3.17. The van der Waals surface area contributed by atoms with Crippen LogP contribution in [0.15, 0.2) is 0 Å². The van der Waals surface area contributed by atoms with Gasteiger partial charge in [0, 0.05) is 24.5 Å². The van der Waals surface area contributed by atoms with Gasteiger partial charge in [0.05, 0.1) is 0 Å². The van der Waals surface area contributed by atoms with Crippen molar-refractivity contribution in [2.24, 2.45) is 5.92 Å². The van der Waals surface area contributed by atoms with Crippen molar-refractivity contribution in [2.75, 3.05) is 26.2 Å². The first-order chi connectivity index (χ1) is 8.48. The molecule has 2 saturated heterocycles. The summed E-state index contributed by atoms with van der Waals surface area (Å²) >= 11 is 0. The second-order valence-corrected chi connectivity index (χ2v) is 6.82. The summed E-state index contributed by atoms with van der Waals surface area (Å²) in [7, 11) is 0. The van der Waals surface area contributed by atoms with E-state index in [0.29, 0.717) is 11.8 Å². The number of nitrogens with zero attached hydrogens (tertiary/aromatic N) is 2. The third-order valence-corrected chi connectivity index (χ3v) is 4.46. The van der Waals surface area contributed by atoms with Gasteiger partial charge in [-0.2, -0.15) is 0 Å². The normalized spacial score (nSPS) is 24.3. The third kappa shape index (κ3) is 3.25. The fourth-order valence-corrected chi connectivity index (χ4v) is 3.17. The Morgan fingerprint density at radius 2 is 1.50 bits per heavy atom. The molecule has 0 aromatic heterocycles. The molecule has 0 atom stereocenters. The number of hydrogen-bond donors (Lipinski definition) is 0. The number of carbonyl (C=O) groups excluding carboxylic acids is 1. The standard InChI is InChI=1S/C15H28N2O/c1-15(2,3)17-11-7-13(8-12-17)14(18)16-9-5-4-6-10-16/h13H,4-12H2,1-3H3. The molecule has 0 saturated carbocycles. The van der Waals surface area contributed by atoms with Crippen LogP contribution in [0.25, 0.3) is 0 Å².